The van der Waals surface area contributed by atoms with E-state index in [1.54, 1.807) is 0 Å². The van der Waals surface area contributed by atoms with E-state index < -0.39 is 24.0 Å². The summed E-state index contributed by atoms with van der Waals surface area (Å²) in [6, 6.07) is 0. The Morgan fingerprint density at radius 3 is 2.67 bits per heavy atom. The average Bonchev–Trinajstić information content (AvgIpc) is 2.36. The second-order valence-electron chi connectivity index (χ2n) is 2.14. The summed E-state index contributed by atoms with van der Waals surface area (Å²) in [4.78, 5) is 30.8. The lowest BCUT2D eigenvalue weighted by atomic mass is 10.3. The van der Waals surface area contributed by atoms with Gasteiger partial charge >= 0.3 is 11.9 Å². The molecule has 6 heteroatoms. The van der Waals surface area contributed by atoms with Gasteiger partial charge in [-0.15, -0.1) is 0 Å². The molecule has 12 heavy (non-hydrogen) atoms. The lowest BCUT2D eigenvalue weighted by molar-refractivity contribution is -0.304. The van der Waals surface area contributed by atoms with E-state index in [9.17, 15) is 19.5 Å². The number of carboxylic acid groups (broad SMARTS) is 1. The number of hydrogen-bond acceptors (Lipinski definition) is 6. The van der Waals surface area contributed by atoms with Gasteiger partial charge < -0.3 is 19.4 Å². The summed E-state index contributed by atoms with van der Waals surface area (Å²) in [5.74, 6) is -4.22. The van der Waals surface area contributed by atoms with Gasteiger partial charge in [0.15, 0.2) is 5.97 Å². The first-order valence-corrected chi connectivity index (χ1v) is 3.20. The Kier molecular flexibility index (Phi) is 2.27. The molecule has 0 bridgehead atoms. The van der Waals surface area contributed by atoms with Crippen molar-refractivity contribution in [3.05, 3.63) is 0 Å². The second kappa shape index (κ2) is 3.21. The lowest BCUT2D eigenvalue weighted by Crippen LogP contribution is -2.36. The number of cyclic esters (lactones) is 1. The maximum Gasteiger partial charge on any atom is 0.354 e. The van der Waals surface area contributed by atoms with Crippen LogP contribution in [0.4, 0.5) is 0 Å². The molecule has 0 aromatic heterocycles. The molecule has 0 spiro atoms. The van der Waals surface area contributed by atoms with Crippen LogP contribution in [0, 0.1) is 0 Å². The third kappa shape index (κ3) is 1.71. The van der Waals surface area contributed by atoms with E-state index in [1.807, 2.05) is 0 Å². The number of carboxylic acids is 1. The zero-order valence-corrected chi connectivity index (χ0v) is 5.94. The van der Waals surface area contributed by atoms with E-state index in [0.29, 0.717) is 0 Å². The minimum absolute atomic E-state index is 0.143. The van der Waals surface area contributed by atoms with Crippen LogP contribution in [0.5, 0.6) is 0 Å². The largest absolute Gasteiger partial charge is 0.539 e. The van der Waals surface area contributed by atoms with Crippen LogP contribution in [-0.2, 0) is 23.9 Å². The first-order chi connectivity index (χ1) is 5.61. The first-order valence-electron chi connectivity index (χ1n) is 3.20. The molecule has 6 nitrogen and oxygen atoms in total. The average molecular weight is 173 g/mol. The van der Waals surface area contributed by atoms with Gasteiger partial charge in [0.25, 0.3) is 0 Å². The molecule has 66 valence electrons. The van der Waals surface area contributed by atoms with Gasteiger partial charge in [0, 0.05) is 6.42 Å². The molecule has 0 radical (unpaired) electrons. The molecule has 1 fully saturated rings. The van der Waals surface area contributed by atoms with Gasteiger partial charge in [-0.2, -0.15) is 0 Å². The second-order valence-corrected chi connectivity index (χ2v) is 2.14. The Balaban J connectivity index is 2.46. The molecule has 1 heterocycles. The molecular formula is C6H5O6-. The molecule has 1 saturated heterocycles. The van der Waals surface area contributed by atoms with Gasteiger partial charge in [-0.05, 0) is 0 Å². The fourth-order valence-electron chi connectivity index (χ4n) is 0.762. The lowest BCUT2D eigenvalue weighted by Gasteiger charge is -2.07. The zero-order chi connectivity index (χ0) is 9.14. The fraction of sp³-hybridized carbons (Fsp3) is 0.500. The number of esters is 2. The SMILES string of the molecule is O=C([O-])C(=O)OC1CCOC1=O. The monoisotopic (exact) mass is 173 g/mol. The molecule has 0 amide bonds. The summed E-state index contributed by atoms with van der Waals surface area (Å²) < 4.78 is 8.63. The summed E-state index contributed by atoms with van der Waals surface area (Å²) in [6.07, 6.45) is -0.895. The van der Waals surface area contributed by atoms with Crippen LogP contribution in [0.15, 0.2) is 0 Å². The van der Waals surface area contributed by atoms with Crippen LogP contribution in [0.25, 0.3) is 0 Å². The van der Waals surface area contributed by atoms with E-state index in [4.69, 9.17) is 0 Å². The van der Waals surface area contributed by atoms with Crippen molar-refractivity contribution < 1.29 is 29.0 Å². The third-order valence-electron chi connectivity index (χ3n) is 1.30. The minimum atomic E-state index is -1.96. The van der Waals surface area contributed by atoms with Crippen molar-refractivity contribution >= 4 is 17.9 Å². The van der Waals surface area contributed by atoms with Crippen LogP contribution in [0.1, 0.15) is 6.42 Å². The summed E-state index contributed by atoms with van der Waals surface area (Å²) in [7, 11) is 0. The van der Waals surface area contributed by atoms with Crippen molar-refractivity contribution in [2.45, 2.75) is 12.5 Å². The van der Waals surface area contributed by atoms with E-state index in [1.165, 1.54) is 0 Å². The number of hydrogen-bond donors (Lipinski definition) is 0. The van der Waals surface area contributed by atoms with Crippen molar-refractivity contribution in [2.75, 3.05) is 6.61 Å². The molecule has 1 aliphatic rings. The van der Waals surface area contributed by atoms with Crippen LogP contribution in [0.2, 0.25) is 0 Å². The molecule has 1 atom stereocenters. The molecule has 0 aromatic rings. The Morgan fingerprint density at radius 2 is 2.25 bits per heavy atom. The normalized spacial score (nSPS) is 21.7. The summed E-state index contributed by atoms with van der Waals surface area (Å²) >= 11 is 0. The molecule has 0 saturated carbocycles. The van der Waals surface area contributed by atoms with Crippen LogP contribution < -0.4 is 5.11 Å². The van der Waals surface area contributed by atoms with Crippen molar-refractivity contribution in [3.8, 4) is 0 Å². The van der Waals surface area contributed by atoms with Crippen molar-refractivity contribution in [3.63, 3.8) is 0 Å². The Labute approximate surface area is 67.1 Å². The van der Waals surface area contributed by atoms with Crippen LogP contribution in [0.3, 0.4) is 0 Å². The fourth-order valence-corrected chi connectivity index (χ4v) is 0.762. The molecule has 0 aromatic carbocycles. The van der Waals surface area contributed by atoms with E-state index in [0.717, 1.165) is 0 Å². The quantitative estimate of drug-likeness (QED) is 0.324. The number of ether oxygens (including phenoxy) is 2. The van der Waals surface area contributed by atoms with Crippen molar-refractivity contribution in [1.29, 1.82) is 0 Å². The van der Waals surface area contributed by atoms with Gasteiger partial charge in [0.05, 0.1) is 6.61 Å². The predicted octanol–water partition coefficient (Wildman–Crippen LogP) is -2.40. The molecular weight excluding hydrogens is 168 g/mol. The summed E-state index contributed by atoms with van der Waals surface area (Å²) in [5, 5.41) is 9.86. The maximum absolute atomic E-state index is 10.6. The smallest absolute Gasteiger partial charge is 0.354 e. The highest BCUT2D eigenvalue weighted by Gasteiger charge is 2.30. The minimum Gasteiger partial charge on any atom is -0.539 e. The summed E-state index contributed by atoms with van der Waals surface area (Å²) in [5.41, 5.74) is 0. The maximum atomic E-state index is 10.6. The topological polar surface area (TPSA) is 92.7 Å². The van der Waals surface area contributed by atoms with Crippen molar-refractivity contribution in [2.24, 2.45) is 0 Å². The molecule has 1 unspecified atom stereocenters. The Morgan fingerprint density at radius 1 is 1.58 bits per heavy atom. The molecule has 0 aliphatic carbocycles. The van der Waals surface area contributed by atoms with E-state index >= 15 is 0 Å². The third-order valence-corrected chi connectivity index (χ3v) is 1.30. The Hall–Kier alpha value is -1.59. The number of aliphatic carboxylic acids is 1. The van der Waals surface area contributed by atoms with E-state index in [-0.39, 0.29) is 13.0 Å². The Bertz CT molecular complexity index is 232. The highest BCUT2D eigenvalue weighted by atomic mass is 16.6. The summed E-state index contributed by atoms with van der Waals surface area (Å²) in [6.45, 7) is 0.143. The predicted molar refractivity (Wildman–Crippen MR) is 30.5 cm³/mol. The van der Waals surface area contributed by atoms with Gasteiger partial charge in [-0.1, -0.05) is 0 Å². The zero-order valence-electron chi connectivity index (χ0n) is 5.94. The highest BCUT2D eigenvalue weighted by molar-refractivity contribution is 6.27. The van der Waals surface area contributed by atoms with Crippen molar-refractivity contribution in [1.82, 2.24) is 0 Å². The number of carbonyl (C=O) groups is 3. The number of carbonyl (C=O) groups excluding carboxylic acids is 3. The van der Waals surface area contributed by atoms with Crippen LogP contribution in [-0.4, -0.2) is 30.6 Å². The van der Waals surface area contributed by atoms with Gasteiger partial charge in [0.2, 0.25) is 6.10 Å². The van der Waals surface area contributed by atoms with Gasteiger partial charge in [-0.3, -0.25) is 0 Å². The van der Waals surface area contributed by atoms with E-state index in [2.05, 4.69) is 9.47 Å². The standard InChI is InChI=1S/C6H6O6/c7-4(8)6(10)12-3-1-2-11-5(3)9/h3H,1-2H2,(H,7,8)/p-1. The van der Waals surface area contributed by atoms with Crippen LogP contribution >= 0.6 is 0 Å². The molecule has 0 N–H and O–H groups in total. The number of rotatable bonds is 1. The van der Waals surface area contributed by atoms with Gasteiger partial charge in [-0.25, -0.2) is 9.59 Å². The molecule has 1 rings (SSSR count). The molecule has 1 aliphatic heterocycles. The highest BCUT2D eigenvalue weighted by Crippen LogP contribution is 2.09. The first kappa shape index (κ1) is 8.51. The van der Waals surface area contributed by atoms with Gasteiger partial charge in [0.1, 0.15) is 0 Å².